The molecule has 1 aliphatic carbocycles. The van der Waals surface area contributed by atoms with Crippen LogP contribution in [-0.2, 0) is 0 Å². The molecule has 0 radical (unpaired) electrons. The van der Waals surface area contributed by atoms with Crippen molar-refractivity contribution in [3.63, 3.8) is 0 Å². The summed E-state index contributed by atoms with van der Waals surface area (Å²) in [5.41, 5.74) is 4.86. The molecule has 3 rings (SSSR count). The van der Waals surface area contributed by atoms with Crippen LogP contribution < -0.4 is 0 Å². The maximum absolute atomic E-state index is 5.04. The molecule has 1 aliphatic rings. The molecule has 1 saturated carbocycles. The lowest BCUT2D eigenvalue weighted by Gasteiger charge is -2.17. The molecule has 0 spiro atoms. The fraction of sp³-hybridized carbons (Fsp3) is 0.684. The second-order valence-electron chi connectivity index (χ2n) is 7.21. The van der Waals surface area contributed by atoms with Crippen LogP contribution in [0, 0.1) is 6.92 Å². The minimum Gasteiger partial charge on any atom is -0.233 e. The normalized spacial score (nSPS) is 18.4. The summed E-state index contributed by atoms with van der Waals surface area (Å²) in [6, 6.07) is 2.27. The fourth-order valence-electron chi connectivity index (χ4n) is 3.70. The first kappa shape index (κ1) is 15.5. The Morgan fingerprint density at radius 1 is 1.05 bits per heavy atom. The number of rotatable bonds is 2. The van der Waals surface area contributed by atoms with E-state index < -0.39 is 0 Å². The van der Waals surface area contributed by atoms with Gasteiger partial charge in [0, 0.05) is 22.9 Å². The fourth-order valence-corrected chi connectivity index (χ4v) is 3.70. The van der Waals surface area contributed by atoms with Crippen molar-refractivity contribution in [2.75, 3.05) is 0 Å². The summed E-state index contributed by atoms with van der Waals surface area (Å²) < 4.78 is 2.01. The number of hydrogen-bond acceptors (Lipinski definition) is 2. The highest BCUT2D eigenvalue weighted by Crippen LogP contribution is 2.31. The van der Waals surface area contributed by atoms with Gasteiger partial charge < -0.3 is 0 Å². The second kappa shape index (κ2) is 6.80. The highest BCUT2D eigenvalue weighted by Gasteiger charge is 2.18. The molecular weight excluding hydrogens is 270 g/mol. The van der Waals surface area contributed by atoms with Gasteiger partial charge in [0.15, 0.2) is 5.65 Å². The van der Waals surface area contributed by atoms with E-state index in [1.165, 1.54) is 68.3 Å². The van der Waals surface area contributed by atoms with Gasteiger partial charge in [0.25, 0.3) is 0 Å². The van der Waals surface area contributed by atoms with Crippen molar-refractivity contribution in [2.24, 2.45) is 0 Å². The van der Waals surface area contributed by atoms with E-state index in [2.05, 4.69) is 31.9 Å². The quantitative estimate of drug-likeness (QED) is 0.745. The van der Waals surface area contributed by atoms with E-state index in [4.69, 9.17) is 4.98 Å². The topological polar surface area (TPSA) is 30.2 Å². The minimum atomic E-state index is 0.472. The Morgan fingerprint density at radius 2 is 1.68 bits per heavy atom. The highest BCUT2D eigenvalue weighted by molar-refractivity contribution is 5.50. The van der Waals surface area contributed by atoms with Crippen LogP contribution in [0.4, 0.5) is 0 Å². The zero-order chi connectivity index (χ0) is 15.5. The number of hydrogen-bond donors (Lipinski definition) is 0. The monoisotopic (exact) mass is 299 g/mol. The van der Waals surface area contributed by atoms with Crippen LogP contribution in [0.25, 0.3) is 5.65 Å². The molecule has 1 fully saturated rings. The molecular formula is C19H29N3. The maximum Gasteiger partial charge on any atom is 0.158 e. The Balaban J connectivity index is 1.96. The summed E-state index contributed by atoms with van der Waals surface area (Å²) in [5.74, 6) is 1.11. The average molecular weight is 299 g/mol. The SMILES string of the molecule is Cc1cc(C2CCCCCCCC2)nc2c(C(C)C)cnn12. The van der Waals surface area contributed by atoms with Gasteiger partial charge in [0.1, 0.15) is 0 Å². The van der Waals surface area contributed by atoms with Crippen LogP contribution in [0.5, 0.6) is 0 Å². The van der Waals surface area contributed by atoms with Gasteiger partial charge in [-0.25, -0.2) is 9.50 Å². The van der Waals surface area contributed by atoms with Gasteiger partial charge in [0.2, 0.25) is 0 Å². The van der Waals surface area contributed by atoms with Gasteiger partial charge in [-0.1, -0.05) is 52.4 Å². The van der Waals surface area contributed by atoms with Crippen molar-refractivity contribution in [1.29, 1.82) is 0 Å². The second-order valence-corrected chi connectivity index (χ2v) is 7.21. The molecule has 2 heterocycles. The molecule has 2 aromatic rings. The lowest BCUT2D eigenvalue weighted by Crippen LogP contribution is -2.07. The van der Waals surface area contributed by atoms with Gasteiger partial charge >= 0.3 is 0 Å². The third-order valence-electron chi connectivity index (χ3n) is 5.09. The van der Waals surface area contributed by atoms with Crippen molar-refractivity contribution in [1.82, 2.24) is 14.6 Å². The van der Waals surface area contributed by atoms with Crippen molar-refractivity contribution < 1.29 is 0 Å². The van der Waals surface area contributed by atoms with Crippen LogP contribution in [0.15, 0.2) is 12.3 Å². The molecule has 3 nitrogen and oxygen atoms in total. The maximum atomic E-state index is 5.04. The molecule has 0 aliphatic heterocycles. The minimum absolute atomic E-state index is 0.472. The Hall–Kier alpha value is -1.38. The Bertz CT molecular complexity index is 617. The van der Waals surface area contributed by atoms with E-state index in [1.54, 1.807) is 0 Å². The predicted octanol–water partition coefficient (Wildman–Crippen LogP) is 5.38. The summed E-state index contributed by atoms with van der Waals surface area (Å²) in [5, 5.41) is 4.53. The van der Waals surface area contributed by atoms with Crippen LogP contribution in [0.1, 0.15) is 94.0 Å². The Kier molecular flexibility index (Phi) is 4.80. The molecule has 0 saturated heterocycles. The van der Waals surface area contributed by atoms with Crippen LogP contribution in [-0.4, -0.2) is 14.6 Å². The molecule has 120 valence electrons. The summed E-state index contributed by atoms with van der Waals surface area (Å²) in [6.07, 6.45) is 12.9. The standard InChI is InChI=1S/C19H29N3/c1-14(2)17-13-20-22-15(3)12-18(21-19(17)22)16-10-8-6-4-5-7-9-11-16/h12-14,16H,4-11H2,1-3H3. The van der Waals surface area contributed by atoms with Crippen LogP contribution in [0.3, 0.4) is 0 Å². The smallest absolute Gasteiger partial charge is 0.158 e. The average Bonchev–Trinajstić information content (AvgIpc) is 2.96. The van der Waals surface area contributed by atoms with Crippen molar-refractivity contribution >= 4 is 5.65 Å². The predicted molar refractivity (Wildman–Crippen MR) is 91.5 cm³/mol. The number of nitrogens with zero attached hydrogens (tertiary/aromatic N) is 3. The zero-order valence-electron chi connectivity index (χ0n) is 14.3. The van der Waals surface area contributed by atoms with Gasteiger partial charge in [-0.05, 0) is 31.7 Å². The molecule has 22 heavy (non-hydrogen) atoms. The summed E-state index contributed by atoms with van der Waals surface area (Å²) in [6.45, 7) is 6.60. The van der Waals surface area contributed by atoms with Gasteiger partial charge in [-0.2, -0.15) is 5.10 Å². The third-order valence-corrected chi connectivity index (χ3v) is 5.09. The van der Waals surface area contributed by atoms with E-state index in [-0.39, 0.29) is 0 Å². The van der Waals surface area contributed by atoms with Crippen LogP contribution >= 0.6 is 0 Å². The van der Waals surface area contributed by atoms with E-state index >= 15 is 0 Å². The first-order chi connectivity index (χ1) is 10.7. The van der Waals surface area contributed by atoms with Crippen molar-refractivity contribution in [3.05, 3.63) is 29.2 Å². The number of aromatic nitrogens is 3. The van der Waals surface area contributed by atoms with Crippen molar-refractivity contribution in [2.45, 2.75) is 84.0 Å². The van der Waals surface area contributed by atoms with Gasteiger partial charge in [-0.15, -0.1) is 0 Å². The first-order valence-electron chi connectivity index (χ1n) is 9.02. The van der Waals surface area contributed by atoms with Gasteiger partial charge in [0.05, 0.1) is 6.20 Å². The number of fused-ring (bicyclic) bond motifs is 1. The molecule has 3 heteroatoms. The Labute approximate surface area is 134 Å². The lowest BCUT2D eigenvalue weighted by molar-refractivity contribution is 0.527. The molecule has 0 N–H and O–H groups in total. The summed E-state index contributed by atoms with van der Waals surface area (Å²) >= 11 is 0. The van der Waals surface area contributed by atoms with Gasteiger partial charge in [-0.3, -0.25) is 0 Å². The summed E-state index contributed by atoms with van der Waals surface area (Å²) in [7, 11) is 0. The van der Waals surface area contributed by atoms with E-state index in [1.807, 2.05) is 10.7 Å². The summed E-state index contributed by atoms with van der Waals surface area (Å²) in [4.78, 5) is 5.04. The molecule has 0 amide bonds. The van der Waals surface area contributed by atoms with E-state index in [0.29, 0.717) is 11.8 Å². The van der Waals surface area contributed by atoms with E-state index in [9.17, 15) is 0 Å². The molecule has 0 aromatic carbocycles. The third kappa shape index (κ3) is 3.18. The number of aryl methyl sites for hydroxylation is 1. The molecule has 2 aromatic heterocycles. The largest absolute Gasteiger partial charge is 0.233 e. The zero-order valence-corrected chi connectivity index (χ0v) is 14.3. The molecule has 0 bridgehead atoms. The van der Waals surface area contributed by atoms with Crippen LogP contribution in [0.2, 0.25) is 0 Å². The van der Waals surface area contributed by atoms with Crippen molar-refractivity contribution in [3.8, 4) is 0 Å². The van der Waals surface area contributed by atoms with E-state index in [0.717, 1.165) is 5.65 Å². The first-order valence-corrected chi connectivity index (χ1v) is 9.02. The highest BCUT2D eigenvalue weighted by atomic mass is 15.3. The lowest BCUT2D eigenvalue weighted by atomic mass is 9.93. The molecule has 0 unspecified atom stereocenters. The Morgan fingerprint density at radius 3 is 2.32 bits per heavy atom. The molecule has 0 atom stereocenters.